The Morgan fingerprint density at radius 2 is 1.19 bits per heavy atom. The molecule has 0 heterocycles. The molecule has 0 aliphatic heterocycles. The van der Waals surface area contributed by atoms with E-state index in [0.29, 0.717) is 25.1 Å². The highest BCUT2D eigenvalue weighted by molar-refractivity contribution is 6.17. The molecule has 0 aromatic heterocycles. The summed E-state index contributed by atoms with van der Waals surface area (Å²) in [5, 5.41) is 0. The van der Waals surface area contributed by atoms with E-state index in [1.165, 1.54) is 40.0 Å². The molecule has 152 valence electrons. The summed E-state index contributed by atoms with van der Waals surface area (Å²) in [5.41, 5.74) is 0. The van der Waals surface area contributed by atoms with Crippen LogP contribution in [0.3, 0.4) is 0 Å². The fourth-order valence-electron chi connectivity index (χ4n) is 2.91. The van der Waals surface area contributed by atoms with Crippen molar-refractivity contribution in [2.75, 3.05) is 5.88 Å². The van der Waals surface area contributed by atoms with Gasteiger partial charge in [-0.25, -0.2) is 0 Å². The van der Waals surface area contributed by atoms with Gasteiger partial charge in [0.25, 0.3) is 0 Å². The second-order valence-corrected chi connectivity index (χ2v) is 6.85. The second kappa shape index (κ2) is 13.8. The molecule has 1 atom stereocenters. The van der Waals surface area contributed by atoms with Gasteiger partial charge in [-0.2, -0.15) is 0 Å². The molecule has 0 aromatic rings. The average Bonchev–Trinajstić information content (AvgIpc) is 2.51. The van der Waals surface area contributed by atoms with Crippen molar-refractivity contribution in [1.29, 1.82) is 0 Å². The van der Waals surface area contributed by atoms with Crippen LogP contribution in [0.2, 0.25) is 0 Å². The first kappa shape index (κ1) is 24.7. The van der Waals surface area contributed by atoms with Gasteiger partial charge in [0.05, 0.1) is 5.92 Å². The lowest BCUT2D eigenvalue weighted by molar-refractivity contribution is -0.353. The number of hydrogen-bond donors (Lipinski definition) is 0. The highest BCUT2D eigenvalue weighted by Gasteiger charge is 2.49. The first-order valence-corrected chi connectivity index (χ1v) is 9.95. The first-order valence-electron chi connectivity index (χ1n) is 9.42. The SMILES string of the molecule is CCCCCCCCC(CCCCl)C(OC(C)=O)(OC(C)=O)OC(C)=O. The van der Waals surface area contributed by atoms with Crippen molar-refractivity contribution in [1.82, 2.24) is 0 Å². The van der Waals surface area contributed by atoms with Crippen LogP contribution in [0.25, 0.3) is 0 Å². The minimum Gasteiger partial charge on any atom is -0.388 e. The van der Waals surface area contributed by atoms with Gasteiger partial charge < -0.3 is 14.2 Å². The number of carbonyl (C=O) groups excluding carboxylic acids is 3. The quantitative estimate of drug-likeness (QED) is 0.184. The van der Waals surface area contributed by atoms with Crippen LogP contribution in [0.1, 0.15) is 85.5 Å². The molecule has 1 unspecified atom stereocenters. The average molecular weight is 393 g/mol. The van der Waals surface area contributed by atoms with E-state index in [1.807, 2.05) is 0 Å². The number of alkyl halides is 1. The molecule has 6 nitrogen and oxygen atoms in total. The zero-order chi connectivity index (χ0) is 20.0. The number of rotatable bonds is 14. The maximum Gasteiger partial charge on any atom is 0.426 e. The van der Waals surface area contributed by atoms with Crippen molar-refractivity contribution in [3.8, 4) is 0 Å². The normalized spacial score (nSPS) is 12.3. The van der Waals surface area contributed by atoms with Crippen molar-refractivity contribution in [2.24, 2.45) is 5.92 Å². The zero-order valence-corrected chi connectivity index (χ0v) is 17.2. The summed E-state index contributed by atoms with van der Waals surface area (Å²) in [4.78, 5) is 34.9. The lowest BCUT2D eigenvalue weighted by Gasteiger charge is -2.36. The maximum absolute atomic E-state index is 11.6. The molecule has 0 amide bonds. The molecule has 0 rings (SSSR count). The Morgan fingerprint density at radius 3 is 1.62 bits per heavy atom. The number of ether oxygens (including phenoxy) is 3. The molecule has 0 spiro atoms. The second-order valence-electron chi connectivity index (χ2n) is 6.47. The number of halogens is 1. The third kappa shape index (κ3) is 10.6. The van der Waals surface area contributed by atoms with E-state index in [9.17, 15) is 14.4 Å². The van der Waals surface area contributed by atoms with E-state index in [2.05, 4.69) is 6.92 Å². The number of hydrogen-bond acceptors (Lipinski definition) is 6. The summed E-state index contributed by atoms with van der Waals surface area (Å²) in [7, 11) is 0. The predicted molar refractivity (Wildman–Crippen MR) is 99.5 cm³/mol. The summed E-state index contributed by atoms with van der Waals surface area (Å²) in [6.07, 6.45) is 8.23. The van der Waals surface area contributed by atoms with Crippen molar-refractivity contribution < 1.29 is 28.6 Å². The molecule has 0 bridgehead atoms. The van der Waals surface area contributed by atoms with E-state index in [0.717, 1.165) is 19.3 Å². The van der Waals surface area contributed by atoms with Gasteiger partial charge in [-0.15, -0.1) is 11.6 Å². The molecule has 0 aromatic carbocycles. The Balaban J connectivity index is 5.28. The van der Waals surface area contributed by atoms with Gasteiger partial charge in [0.1, 0.15) is 0 Å². The van der Waals surface area contributed by atoms with E-state index < -0.39 is 29.8 Å². The Labute approximate surface area is 161 Å². The molecule has 0 aliphatic rings. The Bertz CT molecular complexity index is 397. The summed E-state index contributed by atoms with van der Waals surface area (Å²) in [6, 6.07) is 0. The lowest BCUT2D eigenvalue weighted by Crippen LogP contribution is -2.49. The summed E-state index contributed by atoms with van der Waals surface area (Å²) < 4.78 is 15.7. The molecule has 0 saturated carbocycles. The van der Waals surface area contributed by atoms with Crippen LogP contribution >= 0.6 is 11.6 Å². The van der Waals surface area contributed by atoms with E-state index >= 15 is 0 Å². The van der Waals surface area contributed by atoms with E-state index in [4.69, 9.17) is 25.8 Å². The monoisotopic (exact) mass is 392 g/mol. The van der Waals surface area contributed by atoms with Gasteiger partial charge in [-0.1, -0.05) is 45.4 Å². The fourth-order valence-corrected chi connectivity index (χ4v) is 3.06. The molecule has 0 radical (unpaired) electrons. The minimum absolute atomic E-state index is 0.406. The molecule has 0 fully saturated rings. The largest absolute Gasteiger partial charge is 0.426 e. The van der Waals surface area contributed by atoms with Crippen molar-refractivity contribution in [2.45, 2.75) is 91.5 Å². The maximum atomic E-state index is 11.6. The molecular weight excluding hydrogens is 360 g/mol. The van der Waals surface area contributed by atoms with E-state index in [1.54, 1.807) is 0 Å². The molecule has 0 N–H and O–H groups in total. The van der Waals surface area contributed by atoms with Crippen LogP contribution in [0.4, 0.5) is 0 Å². The standard InChI is InChI=1S/C19H33ClO6/c1-5-6-7-8-9-10-12-18(13-11-14-20)19(24-15(2)21,25-16(3)22)26-17(4)23/h18H,5-14H2,1-4H3. The van der Waals surface area contributed by atoms with Crippen LogP contribution < -0.4 is 0 Å². The van der Waals surface area contributed by atoms with Gasteiger partial charge in [-0.3, -0.25) is 14.4 Å². The highest BCUT2D eigenvalue weighted by Crippen LogP contribution is 2.34. The van der Waals surface area contributed by atoms with Gasteiger partial charge in [0.15, 0.2) is 0 Å². The van der Waals surface area contributed by atoms with Gasteiger partial charge in [0, 0.05) is 26.7 Å². The third-order valence-electron chi connectivity index (χ3n) is 3.95. The third-order valence-corrected chi connectivity index (χ3v) is 4.22. The Kier molecular flexibility index (Phi) is 13.2. The lowest BCUT2D eigenvalue weighted by atomic mass is 9.93. The Hall–Kier alpha value is -1.30. The summed E-state index contributed by atoms with van der Waals surface area (Å²) in [5.74, 6) is -4.16. The number of esters is 3. The molecule has 0 saturated heterocycles. The van der Waals surface area contributed by atoms with Crippen molar-refractivity contribution >= 4 is 29.5 Å². The Morgan fingerprint density at radius 1 is 0.769 bits per heavy atom. The van der Waals surface area contributed by atoms with Crippen molar-refractivity contribution in [3.63, 3.8) is 0 Å². The van der Waals surface area contributed by atoms with Crippen LogP contribution in [0.5, 0.6) is 0 Å². The zero-order valence-electron chi connectivity index (χ0n) is 16.5. The number of carbonyl (C=O) groups is 3. The summed E-state index contributed by atoms with van der Waals surface area (Å²) >= 11 is 5.81. The molecule has 0 aliphatic carbocycles. The van der Waals surface area contributed by atoms with E-state index in [-0.39, 0.29) is 0 Å². The van der Waals surface area contributed by atoms with Crippen LogP contribution in [-0.4, -0.2) is 29.8 Å². The minimum atomic E-state index is -2.03. The van der Waals surface area contributed by atoms with Gasteiger partial charge in [-0.05, 0) is 19.3 Å². The van der Waals surface area contributed by atoms with Crippen molar-refractivity contribution in [3.05, 3.63) is 0 Å². The van der Waals surface area contributed by atoms with Crippen LogP contribution in [0, 0.1) is 5.92 Å². The predicted octanol–water partition coefficient (Wildman–Crippen LogP) is 4.72. The van der Waals surface area contributed by atoms with Gasteiger partial charge >= 0.3 is 23.9 Å². The first-order chi connectivity index (χ1) is 12.3. The molecule has 7 heteroatoms. The number of unbranched alkanes of at least 4 members (excludes halogenated alkanes) is 5. The molecule has 26 heavy (non-hydrogen) atoms. The van der Waals surface area contributed by atoms with Gasteiger partial charge in [0.2, 0.25) is 0 Å². The highest BCUT2D eigenvalue weighted by atomic mass is 35.5. The molecular formula is C19H33ClO6. The topological polar surface area (TPSA) is 78.9 Å². The smallest absolute Gasteiger partial charge is 0.388 e. The van der Waals surface area contributed by atoms with Crippen LogP contribution in [0.15, 0.2) is 0 Å². The van der Waals surface area contributed by atoms with Crippen LogP contribution in [-0.2, 0) is 28.6 Å². The summed E-state index contributed by atoms with van der Waals surface area (Å²) in [6.45, 7) is 5.72. The fraction of sp³-hybridized carbons (Fsp3) is 0.842.